The van der Waals surface area contributed by atoms with Crippen molar-refractivity contribution in [2.75, 3.05) is 14.2 Å². The topological polar surface area (TPSA) is 34.1 Å². The van der Waals surface area contributed by atoms with E-state index in [1.54, 1.807) is 7.11 Å². The van der Waals surface area contributed by atoms with Gasteiger partial charge in [-0.25, -0.2) is 4.98 Å². The molecule has 3 nitrogen and oxygen atoms in total. The Hall–Kier alpha value is -1.29. The summed E-state index contributed by atoms with van der Waals surface area (Å²) in [6.45, 7) is 0. The molecule has 1 aromatic heterocycles. The molecular formula is C16H18Cl2N2O. The summed E-state index contributed by atoms with van der Waals surface area (Å²) in [6, 6.07) is 9.97. The molecule has 0 spiro atoms. The van der Waals surface area contributed by atoms with Gasteiger partial charge in [0.2, 0.25) is 5.88 Å². The van der Waals surface area contributed by atoms with Crippen molar-refractivity contribution in [3.63, 3.8) is 0 Å². The van der Waals surface area contributed by atoms with Crippen molar-refractivity contribution < 1.29 is 4.74 Å². The third kappa shape index (κ3) is 4.60. The zero-order valence-electron chi connectivity index (χ0n) is 12.1. The minimum Gasteiger partial charge on any atom is -0.481 e. The second-order valence-electron chi connectivity index (χ2n) is 4.85. The Morgan fingerprint density at radius 1 is 1.10 bits per heavy atom. The number of rotatable bonds is 6. The summed E-state index contributed by atoms with van der Waals surface area (Å²) >= 11 is 12.0. The smallest absolute Gasteiger partial charge is 0.212 e. The molecule has 21 heavy (non-hydrogen) atoms. The molecule has 0 bridgehead atoms. The van der Waals surface area contributed by atoms with Crippen LogP contribution < -0.4 is 10.1 Å². The fourth-order valence-electron chi connectivity index (χ4n) is 2.16. The summed E-state index contributed by atoms with van der Waals surface area (Å²) in [4.78, 5) is 4.23. The average molecular weight is 325 g/mol. The van der Waals surface area contributed by atoms with Gasteiger partial charge in [0.1, 0.15) is 0 Å². The first-order valence-electron chi connectivity index (χ1n) is 6.72. The number of hydrogen-bond acceptors (Lipinski definition) is 3. The predicted octanol–water partition coefficient (Wildman–Crippen LogP) is 3.77. The average Bonchev–Trinajstić information content (AvgIpc) is 2.51. The van der Waals surface area contributed by atoms with Crippen molar-refractivity contribution >= 4 is 23.2 Å². The fraction of sp³-hybridized carbons (Fsp3) is 0.312. The van der Waals surface area contributed by atoms with Crippen LogP contribution >= 0.6 is 23.2 Å². The van der Waals surface area contributed by atoms with Gasteiger partial charge in [0.15, 0.2) is 0 Å². The van der Waals surface area contributed by atoms with Gasteiger partial charge in [0.05, 0.1) is 17.2 Å². The highest BCUT2D eigenvalue weighted by Crippen LogP contribution is 2.23. The molecule has 0 amide bonds. The van der Waals surface area contributed by atoms with Gasteiger partial charge < -0.3 is 10.1 Å². The summed E-state index contributed by atoms with van der Waals surface area (Å²) in [7, 11) is 3.57. The first kappa shape index (κ1) is 16.1. The number of halogens is 2. The maximum absolute atomic E-state index is 6.06. The number of nitrogens with one attached hydrogen (secondary N) is 1. The van der Waals surface area contributed by atoms with E-state index in [9.17, 15) is 0 Å². The van der Waals surface area contributed by atoms with Crippen LogP contribution in [0, 0.1) is 0 Å². The van der Waals surface area contributed by atoms with E-state index in [4.69, 9.17) is 27.9 Å². The lowest BCUT2D eigenvalue weighted by molar-refractivity contribution is 0.397. The molecule has 0 radical (unpaired) electrons. The van der Waals surface area contributed by atoms with Crippen LogP contribution in [-0.4, -0.2) is 25.2 Å². The minimum atomic E-state index is 0.303. The predicted molar refractivity (Wildman–Crippen MR) is 87.5 cm³/mol. The standard InChI is InChI=1S/C16H18Cl2N2O/c1-19-13(7-11-3-5-14(17)15(18)9-11)8-12-4-6-16(21-2)20-10-12/h3-6,9-10,13,19H,7-8H2,1-2H3. The summed E-state index contributed by atoms with van der Waals surface area (Å²) < 4.78 is 5.07. The molecule has 0 saturated carbocycles. The lowest BCUT2D eigenvalue weighted by atomic mass is 10.00. The van der Waals surface area contributed by atoms with Crippen LogP contribution in [0.15, 0.2) is 36.5 Å². The lowest BCUT2D eigenvalue weighted by Gasteiger charge is -2.16. The third-order valence-corrected chi connectivity index (χ3v) is 4.10. The lowest BCUT2D eigenvalue weighted by Crippen LogP contribution is -2.29. The summed E-state index contributed by atoms with van der Waals surface area (Å²) in [5, 5.41) is 4.50. The molecule has 0 aliphatic heterocycles. The number of pyridine rings is 1. The second kappa shape index (κ2) is 7.64. The molecule has 1 unspecified atom stereocenters. The van der Waals surface area contributed by atoms with E-state index in [0.717, 1.165) is 24.0 Å². The number of nitrogens with zero attached hydrogens (tertiary/aromatic N) is 1. The van der Waals surface area contributed by atoms with Crippen LogP contribution in [0.1, 0.15) is 11.1 Å². The first-order chi connectivity index (χ1) is 10.1. The van der Waals surface area contributed by atoms with Crippen LogP contribution in [0.25, 0.3) is 0 Å². The number of ether oxygens (including phenoxy) is 1. The van der Waals surface area contributed by atoms with Gasteiger partial charge >= 0.3 is 0 Å². The number of aromatic nitrogens is 1. The summed E-state index contributed by atoms with van der Waals surface area (Å²) in [6.07, 6.45) is 3.60. The maximum atomic E-state index is 6.06. The van der Waals surface area contributed by atoms with Crippen molar-refractivity contribution in [1.82, 2.24) is 10.3 Å². The highest BCUT2D eigenvalue weighted by molar-refractivity contribution is 6.42. The Kier molecular flexibility index (Phi) is 5.85. The van der Waals surface area contributed by atoms with Crippen molar-refractivity contribution in [2.24, 2.45) is 0 Å². The number of methoxy groups -OCH3 is 1. The largest absolute Gasteiger partial charge is 0.481 e. The number of likely N-dealkylation sites (N-methyl/N-ethyl adjacent to an activating group) is 1. The van der Waals surface area contributed by atoms with Crippen molar-refractivity contribution in [2.45, 2.75) is 18.9 Å². The molecule has 0 saturated heterocycles. The molecule has 1 N–H and O–H groups in total. The molecular weight excluding hydrogens is 307 g/mol. The number of benzene rings is 1. The van der Waals surface area contributed by atoms with Crippen LogP contribution in [0.5, 0.6) is 5.88 Å². The summed E-state index contributed by atoms with van der Waals surface area (Å²) in [5.41, 5.74) is 2.32. The Morgan fingerprint density at radius 3 is 2.38 bits per heavy atom. The molecule has 1 heterocycles. The van der Waals surface area contributed by atoms with Gasteiger partial charge in [-0.2, -0.15) is 0 Å². The third-order valence-electron chi connectivity index (χ3n) is 3.36. The van der Waals surface area contributed by atoms with Crippen molar-refractivity contribution in [3.8, 4) is 5.88 Å². The van der Waals surface area contributed by atoms with E-state index < -0.39 is 0 Å². The van der Waals surface area contributed by atoms with E-state index in [-0.39, 0.29) is 0 Å². The quantitative estimate of drug-likeness (QED) is 0.878. The number of hydrogen-bond donors (Lipinski definition) is 1. The van der Waals surface area contributed by atoms with Gasteiger partial charge in [0, 0.05) is 18.3 Å². The maximum Gasteiger partial charge on any atom is 0.212 e. The Labute approximate surface area is 135 Å². The first-order valence-corrected chi connectivity index (χ1v) is 7.48. The van der Waals surface area contributed by atoms with Gasteiger partial charge in [-0.15, -0.1) is 0 Å². The molecule has 1 atom stereocenters. The zero-order valence-corrected chi connectivity index (χ0v) is 13.6. The molecule has 112 valence electrons. The van der Waals surface area contributed by atoms with E-state index in [0.29, 0.717) is 22.0 Å². The summed E-state index contributed by atoms with van der Waals surface area (Å²) in [5.74, 6) is 0.629. The zero-order chi connectivity index (χ0) is 15.2. The monoisotopic (exact) mass is 324 g/mol. The van der Waals surface area contributed by atoms with E-state index in [1.807, 2.05) is 43.6 Å². The minimum absolute atomic E-state index is 0.303. The Morgan fingerprint density at radius 2 is 1.81 bits per heavy atom. The van der Waals surface area contributed by atoms with E-state index in [2.05, 4.69) is 10.3 Å². The van der Waals surface area contributed by atoms with Gasteiger partial charge in [-0.1, -0.05) is 35.3 Å². The van der Waals surface area contributed by atoms with Crippen molar-refractivity contribution in [3.05, 3.63) is 57.7 Å². The van der Waals surface area contributed by atoms with E-state index >= 15 is 0 Å². The Bertz CT molecular complexity index is 587. The highest BCUT2D eigenvalue weighted by Gasteiger charge is 2.10. The molecule has 0 fully saturated rings. The van der Waals surface area contributed by atoms with E-state index in [1.165, 1.54) is 0 Å². The molecule has 0 aliphatic carbocycles. The molecule has 2 rings (SSSR count). The van der Waals surface area contributed by atoms with Crippen LogP contribution in [-0.2, 0) is 12.8 Å². The Balaban J connectivity index is 2.03. The highest BCUT2D eigenvalue weighted by atomic mass is 35.5. The fourth-order valence-corrected chi connectivity index (χ4v) is 2.49. The normalized spacial score (nSPS) is 12.2. The van der Waals surface area contributed by atoms with Gasteiger partial charge in [-0.3, -0.25) is 0 Å². The van der Waals surface area contributed by atoms with Crippen molar-refractivity contribution in [1.29, 1.82) is 0 Å². The molecule has 1 aromatic carbocycles. The molecule has 0 aliphatic rings. The van der Waals surface area contributed by atoms with Crippen LogP contribution in [0.3, 0.4) is 0 Å². The molecule has 2 aromatic rings. The van der Waals surface area contributed by atoms with Crippen LogP contribution in [0.4, 0.5) is 0 Å². The van der Waals surface area contributed by atoms with Crippen LogP contribution in [0.2, 0.25) is 10.0 Å². The second-order valence-corrected chi connectivity index (χ2v) is 5.67. The van der Waals surface area contributed by atoms with Gasteiger partial charge in [-0.05, 0) is 43.1 Å². The molecule has 5 heteroatoms. The SMILES string of the molecule is CNC(Cc1ccc(OC)nc1)Cc1ccc(Cl)c(Cl)c1. The van der Waals surface area contributed by atoms with Gasteiger partial charge in [0.25, 0.3) is 0 Å².